The molecule has 6 nitrogen and oxygen atoms in total. The number of ether oxygens (including phenoxy) is 1. The van der Waals surface area contributed by atoms with Gasteiger partial charge in [0, 0.05) is 16.1 Å². The first kappa shape index (κ1) is 19.9. The van der Waals surface area contributed by atoms with Gasteiger partial charge >= 0.3 is 16.1 Å². The van der Waals surface area contributed by atoms with E-state index in [0.717, 1.165) is 0 Å². The molecule has 0 spiro atoms. The molecular formula is C22H14ClNO5S. The van der Waals surface area contributed by atoms with E-state index in [0.29, 0.717) is 16.1 Å². The summed E-state index contributed by atoms with van der Waals surface area (Å²) >= 11 is 5.88. The Hall–Kier alpha value is -3.42. The van der Waals surface area contributed by atoms with Crippen molar-refractivity contribution >= 4 is 39.7 Å². The zero-order valence-electron chi connectivity index (χ0n) is 15.4. The number of rotatable bonds is 5. The Morgan fingerprint density at radius 1 is 0.900 bits per heavy atom. The van der Waals surface area contributed by atoms with E-state index in [1.807, 2.05) is 0 Å². The Morgan fingerprint density at radius 3 is 2.30 bits per heavy atom. The molecule has 0 radical (unpaired) electrons. The second-order valence-corrected chi connectivity index (χ2v) is 8.21. The van der Waals surface area contributed by atoms with E-state index in [4.69, 9.17) is 20.5 Å². The number of hydrogen-bond donors (Lipinski definition) is 0. The van der Waals surface area contributed by atoms with E-state index in [9.17, 15) is 13.2 Å². The summed E-state index contributed by atoms with van der Waals surface area (Å²) in [6.07, 6.45) is 1.42. The minimum absolute atomic E-state index is 0.0214. The fourth-order valence-corrected chi connectivity index (χ4v) is 3.80. The molecule has 1 aliphatic rings. The van der Waals surface area contributed by atoms with Crippen LogP contribution in [0, 0.1) is 0 Å². The molecule has 1 heterocycles. The standard InChI is InChI=1S/C22H14ClNO5S/c23-17-12-10-15(11-13-17)21-24-19(22(25)28-21)14-16-6-4-5-9-20(16)29-30(26,27)18-7-2-1-3-8-18/h1-14H. The van der Waals surface area contributed by atoms with Crippen LogP contribution in [0.25, 0.3) is 6.08 Å². The largest absolute Gasteiger partial charge is 0.402 e. The molecule has 0 amide bonds. The summed E-state index contributed by atoms with van der Waals surface area (Å²) in [5, 5.41) is 0.546. The molecule has 0 N–H and O–H groups in total. The maximum Gasteiger partial charge on any atom is 0.363 e. The van der Waals surface area contributed by atoms with Gasteiger partial charge in [0.05, 0.1) is 0 Å². The van der Waals surface area contributed by atoms with Gasteiger partial charge in [-0.1, -0.05) is 48.0 Å². The normalized spacial score (nSPS) is 15.0. The highest BCUT2D eigenvalue weighted by atomic mass is 35.5. The maximum absolute atomic E-state index is 12.5. The molecule has 3 aromatic carbocycles. The third-order valence-electron chi connectivity index (χ3n) is 4.15. The first-order valence-corrected chi connectivity index (χ1v) is 10.6. The summed E-state index contributed by atoms with van der Waals surface area (Å²) < 4.78 is 35.6. The van der Waals surface area contributed by atoms with E-state index in [1.165, 1.54) is 24.3 Å². The molecule has 1 aliphatic heterocycles. The number of para-hydroxylation sites is 1. The van der Waals surface area contributed by atoms with Crippen molar-refractivity contribution in [2.24, 2.45) is 4.99 Å². The number of benzene rings is 3. The van der Waals surface area contributed by atoms with Crippen LogP contribution in [-0.2, 0) is 19.6 Å². The molecule has 0 atom stereocenters. The molecule has 0 aromatic heterocycles. The molecule has 0 saturated heterocycles. The van der Waals surface area contributed by atoms with Crippen LogP contribution in [0.5, 0.6) is 5.75 Å². The van der Waals surface area contributed by atoms with Gasteiger partial charge < -0.3 is 8.92 Å². The average Bonchev–Trinajstić information content (AvgIpc) is 3.11. The Labute approximate surface area is 178 Å². The van der Waals surface area contributed by atoms with Crippen molar-refractivity contribution in [3.05, 3.63) is 101 Å². The number of carbonyl (C=O) groups is 1. The fourth-order valence-electron chi connectivity index (χ4n) is 2.70. The summed E-state index contributed by atoms with van der Waals surface area (Å²) in [5.41, 5.74) is 0.977. The fraction of sp³-hybridized carbons (Fsp3) is 0. The van der Waals surface area contributed by atoms with Crippen molar-refractivity contribution < 1.29 is 22.1 Å². The Morgan fingerprint density at radius 2 is 1.57 bits per heavy atom. The molecule has 8 heteroatoms. The lowest BCUT2D eigenvalue weighted by atomic mass is 10.1. The highest BCUT2D eigenvalue weighted by molar-refractivity contribution is 7.87. The van der Waals surface area contributed by atoms with Crippen LogP contribution in [0.15, 0.2) is 94.4 Å². The van der Waals surface area contributed by atoms with Crippen LogP contribution < -0.4 is 4.18 Å². The molecule has 0 fully saturated rings. The lowest BCUT2D eigenvalue weighted by molar-refractivity contribution is -0.129. The number of carbonyl (C=O) groups excluding carboxylic acids is 1. The highest BCUT2D eigenvalue weighted by Gasteiger charge is 2.25. The molecule has 0 aliphatic carbocycles. The quantitative estimate of drug-likeness (QED) is 0.333. The lowest BCUT2D eigenvalue weighted by Gasteiger charge is -2.09. The number of esters is 1. The van der Waals surface area contributed by atoms with E-state index in [2.05, 4.69) is 4.99 Å². The van der Waals surface area contributed by atoms with E-state index in [-0.39, 0.29) is 22.2 Å². The summed E-state index contributed by atoms with van der Waals surface area (Å²) in [4.78, 5) is 16.5. The van der Waals surface area contributed by atoms with Crippen molar-refractivity contribution in [3.63, 3.8) is 0 Å². The van der Waals surface area contributed by atoms with Gasteiger partial charge in [0.1, 0.15) is 10.6 Å². The third kappa shape index (κ3) is 4.27. The molecule has 3 aromatic rings. The number of cyclic esters (lactones) is 1. The minimum Gasteiger partial charge on any atom is -0.402 e. The third-order valence-corrected chi connectivity index (χ3v) is 5.65. The summed E-state index contributed by atoms with van der Waals surface area (Å²) in [6.45, 7) is 0. The van der Waals surface area contributed by atoms with E-state index < -0.39 is 16.1 Å². The van der Waals surface area contributed by atoms with Crippen molar-refractivity contribution in [1.82, 2.24) is 0 Å². The second-order valence-electron chi connectivity index (χ2n) is 6.23. The average molecular weight is 440 g/mol. The Balaban J connectivity index is 1.66. The topological polar surface area (TPSA) is 82.0 Å². The zero-order valence-corrected chi connectivity index (χ0v) is 16.9. The van der Waals surface area contributed by atoms with Gasteiger partial charge in [-0.15, -0.1) is 0 Å². The van der Waals surface area contributed by atoms with Crippen LogP contribution in [0.3, 0.4) is 0 Å². The van der Waals surface area contributed by atoms with Crippen LogP contribution in [0.4, 0.5) is 0 Å². The monoisotopic (exact) mass is 439 g/mol. The number of halogens is 1. The summed E-state index contributed by atoms with van der Waals surface area (Å²) in [6, 6.07) is 20.9. The maximum atomic E-state index is 12.5. The Kier molecular flexibility index (Phi) is 5.39. The van der Waals surface area contributed by atoms with Gasteiger partial charge in [-0.05, 0) is 48.5 Å². The first-order valence-electron chi connectivity index (χ1n) is 8.79. The molecule has 0 saturated carbocycles. The lowest BCUT2D eigenvalue weighted by Crippen LogP contribution is -2.10. The Bertz CT molecular complexity index is 1270. The molecule has 30 heavy (non-hydrogen) atoms. The predicted octanol–water partition coefficient (Wildman–Crippen LogP) is 4.45. The molecule has 4 rings (SSSR count). The van der Waals surface area contributed by atoms with Gasteiger partial charge in [0.15, 0.2) is 5.70 Å². The second kappa shape index (κ2) is 8.14. The minimum atomic E-state index is -4.03. The van der Waals surface area contributed by atoms with Gasteiger partial charge in [-0.2, -0.15) is 8.42 Å². The van der Waals surface area contributed by atoms with Crippen molar-refractivity contribution in [1.29, 1.82) is 0 Å². The smallest absolute Gasteiger partial charge is 0.363 e. The van der Waals surface area contributed by atoms with Gasteiger partial charge in [0.25, 0.3) is 0 Å². The number of hydrogen-bond acceptors (Lipinski definition) is 6. The summed E-state index contributed by atoms with van der Waals surface area (Å²) in [7, 11) is -4.03. The molecule has 150 valence electrons. The van der Waals surface area contributed by atoms with Crippen LogP contribution >= 0.6 is 11.6 Å². The highest BCUT2D eigenvalue weighted by Crippen LogP contribution is 2.27. The van der Waals surface area contributed by atoms with E-state index >= 15 is 0 Å². The number of nitrogens with zero attached hydrogens (tertiary/aromatic N) is 1. The van der Waals surface area contributed by atoms with Crippen LogP contribution in [-0.4, -0.2) is 20.3 Å². The van der Waals surface area contributed by atoms with Gasteiger partial charge in [0.2, 0.25) is 5.90 Å². The summed E-state index contributed by atoms with van der Waals surface area (Å²) in [5.74, 6) is -0.448. The molecule has 0 unspecified atom stereocenters. The van der Waals surface area contributed by atoms with Crippen LogP contribution in [0.2, 0.25) is 5.02 Å². The van der Waals surface area contributed by atoms with Crippen LogP contribution in [0.1, 0.15) is 11.1 Å². The molecular weight excluding hydrogens is 426 g/mol. The predicted molar refractivity (Wildman–Crippen MR) is 113 cm³/mol. The van der Waals surface area contributed by atoms with Crippen molar-refractivity contribution in [2.75, 3.05) is 0 Å². The van der Waals surface area contributed by atoms with E-state index in [1.54, 1.807) is 60.7 Å². The van der Waals surface area contributed by atoms with Crippen molar-refractivity contribution in [3.8, 4) is 5.75 Å². The van der Waals surface area contributed by atoms with Gasteiger partial charge in [-0.25, -0.2) is 9.79 Å². The molecule has 0 bridgehead atoms. The SMILES string of the molecule is O=C1OC(c2ccc(Cl)cc2)=NC1=Cc1ccccc1OS(=O)(=O)c1ccccc1. The number of aliphatic imine (C=N–C) groups is 1. The zero-order chi connectivity index (χ0) is 21.1. The van der Waals surface area contributed by atoms with Gasteiger partial charge in [-0.3, -0.25) is 0 Å². The first-order chi connectivity index (χ1) is 14.4. The van der Waals surface area contributed by atoms with Crippen molar-refractivity contribution in [2.45, 2.75) is 4.90 Å².